The third kappa shape index (κ3) is 3.65. The van der Waals surface area contributed by atoms with E-state index in [-0.39, 0.29) is 6.92 Å². The first-order chi connectivity index (χ1) is 9.04. The number of nitrogens with one attached hydrogen (secondary N) is 1. The molecule has 11 heteroatoms. The Kier molecular flexibility index (Phi) is 4.30. The highest BCUT2D eigenvalue weighted by atomic mass is 19.3. The standard InChI is InChI=1S/C9H10F4N4O3/c1-8(10,11)9(12,13)5-15-6(18)4-16-3-2-14-7(16)17(19)20/h2-3H,4-5H2,1H3,(H,15,18). The Labute approximate surface area is 109 Å². The van der Waals surface area contributed by atoms with E-state index in [1.807, 2.05) is 0 Å². The molecular formula is C9H10F4N4O3. The molecule has 0 aromatic carbocycles. The highest BCUT2D eigenvalue weighted by molar-refractivity contribution is 5.76. The minimum atomic E-state index is -4.41. The summed E-state index contributed by atoms with van der Waals surface area (Å²) < 4.78 is 51.5. The number of hydrogen-bond donors (Lipinski definition) is 1. The minimum absolute atomic E-state index is 0.0276. The molecule has 0 radical (unpaired) electrons. The molecule has 0 unspecified atom stereocenters. The van der Waals surface area contributed by atoms with Gasteiger partial charge >= 0.3 is 17.8 Å². The summed E-state index contributed by atoms with van der Waals surface area (Å²) in [6, 6.07) is 0. The van der Waals surface area contributed by atoms with Gasteiger partial charge in [0.2, 0.25) is 0 Å². The van der Waals surface area contributed by atoms with Gasteiger partial charge in [0.1, 0.15) is 12.4 Å². The van der Waals surface area contributed by atoms with E-state index < -0.39 is 41.7 Å². The Morgan fingerprint density at radius 2 is 2.10 bits per heavy atom. The second kappa shape index (κ2) is 5.43. The maximum atomic E-state index is 12.9. The molecule has 0 atom stereocenters. The molecule has 0 fully saturated rings. The first kappa shape index (κ1) is 15.9. The zero-order valence-electron chi connectivity index (χ0n) is 10.1. The monoisotopic (exact) mass is 298 g/mol. The number of carbonyl (C=O) groups is 1. The van der Waals surface area contributed by atoms with Gasteiger partial charge in [-0.25, -0.2) is 13.3 Å². The Balaban J connectivity index is 2.61. The lowest BCUT2D eigenvalue weighted by Gasteiger charge is -2.23. The predicted octanol–water partition coefficient (Wildman–Crippen LogP) is 1.20. The number of imidazole rings is 1. The molecule has 0 aliphatic heterocycles. The molecule has 1 N–H and O–H groups in total. The van der Waals surface area contributed by atoms with Gasteiger partial charge in [-0.2, -0.15) is 8.78 Å². The molecule has 7 nitrogen and oxygen atoms in total. The number of nitro groups is 1. The number of carbonyl (C=O) groups excluding carboxylic acids is 1. The van der Waals surface area contributed by atoms with Crippen LogP contribution in [0.15, 0.2) is 12.4 Å². The van der Waals surface area contributed by atoms with Crippen LogP contribution < -0.4 is 5.32 Å². The third-order valence-corrected chi connectivity index (χ3v) is 2.32. The SMILES string of the molecule is CC(F)(F)C(F)(F)CNC(=O)Cn1ccnc1[N+](=O)[O-]. The maximum absolute atomic E-state index is 12.9. The number of aromatic nitrogens is 2. The molecule has 0 spiro atoms. The topological polar surface area (TPSA) is 90.1 Å². The van der Waals surface area contributed by atoms with Crippen LogP contribution in [0.1, 0.15) is 6.92 Å². The highest BCUT2D eigenvalue weighted by Crippen LogP contribution is 2.32. The van der Waals surface area contributed by atoms with E-state index in [4.69, 9.17) is 0 Å². The number of halogens is 4. The molecule has 1 aromatic rings. The zero-order valence-corrected chi connectivity index (χ0v) is 10.1. The van der Waals surface area contributed by atoms with Crippen molar-refractivity contribution in [1.29, 1.82) is 0 Å². The van der Waals surface area contributed by atoms with Gasteiger partial charge in [-0.1, -0.05) is 4.98 Å². The summed E-state index contributed by atoms with van der Waals surface area (Å²) in [7, 11) is 0. The van der Waals surface area contributed by atoms with Crippen molar-refractivity contribution in [1.82, 2.24) is 14.9 Å². The van der Waals surface area contributed by atoms with E-state index in [1.54, 1.807) is 5.32 Å². The molecule has 0 saturated heterocycles. The number of rotatable bonds is 6. The summed E-state index contributed by atoms with van der Waals surface area (Å²) in [6.07, 6.45) is 2.13. The molecule has 0 saturated carbocycles. The molecule has 1 rings (SSSR count). The van der Waals surface area contributed by atoms with Crippen LogP contribution in [0.4, 0.5) is 23.5 Å². The minimum Gasteiger partial charge on any atom is -0.390 e. The van der Waals surface area contributed by atoms with E-state index in [0.717, 1.165) is 17.0 Å². The summed E-state index contributed by atoms with van der Waals surface area (Å²) in [5.41, 5.74) is 0. The number of nitrogens with zero attached hydrogens (tertiary/aromatic N) is 3. The molecule has 0 aliphatic carbocycles. The van der Waals surface area contributed by atoms with Gasteiger partial charge in [-0.05, 0) is 4.92 Å². The van der Waals surface area contributed by atoms with E-state index >= 15 is 0 Å². The van der Waals surface area contributed by atoms with Crippen molar-refractivity contribution < 1.29 is 27.3 Å². The van der Waals surface area contributed by atoms with Crippen molar-refractivity contribution in [2.45, 2.75) is 25.3 Å². The first-order valence-corrected chi connectivity index (χ1v) is 5.22. The largest absolute Gasteiger partial charge is 0.435 e. The number of hydrogen-bond acceptors (Lipinski definition) is 4. The number of alkyl halides is 4. The lowest BCUT2D eigenvalue weighted by atomic mass is 10.2. The normalized spacial score (nSPS) is 12.2. The van der Waals surface area contributed by atoms with Gasteiger partial charge in [0.05, 0.1) is 6.54 Å². The van der Waals surface area contributed by atoms with Gasteiger partial charge in [0.25, 0.3) is 5.91 Å². The summed E-state index contributed by atoms with van der Waals surface area (Å²) >= 11 is 0. The van der Waals surface area contributed by atoms with Crippen molar-refractivity contribution in [2.24, 2.45) is 0 Å². The zero-order chi connectivity index (χ0) is 15.6. The first-order valence-electron chi connectivity index (χ1n) is 5.22. The van der Waals surface area contributed by atoms with Crippen molar-refractivity contribution >= 4 is 11.9 Å². The van der Waals surface area contributed by atoms with Crippen LogP contribution in [0.5, 0.6) is 0 Å². The fourth-order valence-electron chi connectivity index (χ4n) is 1.17. The van der Waals surface area contributed by atoms with Crippen molar-refractivity contribution in [3.05, 3.63) is 22.5 Å². The Hall–Kier alpha value is -2.20. The lowest BCUT2D eigenvalue weighted by molar-refractivity contribution is -0.396. The average molecular weight is 298 g/mol. The summed E-state index contributed by atoms with van der Waals surface area (Å²) in [5.74, 6) is -10.4. The predicted molar refractivity (Wildman–Crippen MR) is 57.5 cm³/mol. The molecule has 1 aromatic heterocycles. The lowest BCUT2D eigenvalue weighted by Crippen LogP contribution is -2.48. The molecule has 0 bridgehead atoms. The van der Waals surface area contributed by atoms with Crippen molar-refractivity contribution in [3.8, 4) is 0 Å². The van der Waals surface area contributed by atoms with Gasteiger partial charge in [-0.3, -0.25) is 4.79 Å². The van der Waals surface area contributed by atoms with Crippen LogP contribution in [0, 0.1) is 10.1 Å². The van der Waals surface area contributed by atoms with E-state index in [9.17, 15) is 32.5 Å². The van der Waals surface area contributed by atoms with Crippen LogP contribution in [-0.4, -0.2) is 38.8 Å². The molecule has 112 valence electrons. The van der Waals surface area contributed by atoms with Crippen molar-refractivity contribution in [2.75, 3.05) is 6.54 Å². The Morgan fingerprint density at radius 1 is 1.50 bits per heavy atom. The van der Waals surface area contributed by atoms with Crippen molar-refractivity contribution in [3.63, 3.8) is 0 Å². The van der Waals surface area contributed by atoms with Gasteiger partial charge < -0.3 is 15.4 Å². The highest BCUT2D eigenvalue weighted by Gasteiger charge is 2.52. The summed E-state index contributed by atoms with van der Waals surface area (Å²) in [4.78, 5) is 24.2. The third-order valence-electron chi connectivity index (χ3n) is 2.32. The number of amides is 1. The molecular weight excluding hydrogens is 288 g/mol. The van der Waals surface area contributed by atoms with Gasteiger partial charge in [-0.15, -0.1) is 0 Å². The quantitative estimate of drug-likeness (QED) is 0.485. The molecule has 0 aliphatic rings. The van der Waals surface area contributed by atoms with Crippen LogP contribution in [-0.2, 0) is 11.3 Å². The second-order valence-corrected chi connectivity index (χ2v) is 3.98. The van der Waals surface area contributed by atoms with Crippen LogP contribution >= 0.6 is 0 Å². The smallest absolute Gasteiger partial charge is 0.390 e. The fourth-order valence-corrected chi connectivity index (χ4v) is 1.17. The van der Waals surface area contributed by atoms with Gasteiger partial charge in [0, 0.05) is 6.92 Å². The summed E-state index contributed by atoms with van der Waals surface area (Å²) in [6.45, 7) is -2.22. The second-order valence-electron chi connectivity index (χ2n) is 3.98. The fraction of sp³-hybridized carbons (Fsp3) is 0.556. The van der Waals surface area contributed by atoms with E-state index in [1.165, 1.54) is 0 Å². The Bertz CT molecular complexity index is 512. The molecule has 1 heterocycles. The molecule has 1 amide bonds. The van der Waals surface area contributed by atoms with E-state index in [2.05, 4.69) is 4.98 Å². The van der Waals surface area contributed by atoms with E-state index in [0.29, 0.717) is 0 Å². The summed E-state index contributed by atoms with van der Waals surface area (Å²) in [5, 5.41) is 12.1. The van der Waals surface area contributed by atoms with Gasteiger partial charge in [0.15, 0.2) is 6.54 Å². The average Bonchev–Trinajstić information content (AvgIpc) is 2.73. The van der Waals surface area contributed by atoms with Crippen LogP contribution in [0.3, 0.4) is 0 Å². The van der Waals surface area contributed by atoms with Crippen LogP contribution in [0.25, 0.3) is 0 Å². The van der Waals surface area contributed by atoms with Crippen LogP contribution in [0.2, 0.25) is 0 Å². The Morgan fingerprint density at radius 3 is 2.60 bits per heavy atom. The molecule has 20 heavy (non-hydrogen) atoms. The maximum Gasteiger partial charge on any atom is 0.435 e.